The molecule has 66 valence electrons. The van der Waals surface area contributed by atoms with E-state index in [9.17, 15) is 0 Å². The summed E-state index contributed by atoms with van der Waals surface area (Å²) in [6.45, 7) is 3.71. The minimum atomic E-state index is 0.0132. The van der Waals surface area contributed by atoms with E-state index < -0.39 is 0 Å². The van der Waals surface area contributed by atoms with Crippen LogP contribution in [-0.2, 0) is 0 Å². The zero-order chi connectivity index (χ0) is 10.0. The fourth-order valence-electron chi connectivity index (χ4n) is 1.14. The molecule has 0 unspecified atom stereocenters. The van der Waals surface area contributed by atoms with E-state index in [0.717, 1.165) is 5.57 Å². The topological polar surface area (TPSA) is 59.6 Å². The van der Waals surface area contributed by atoms with Gasteiger partial charge in [-0.25, -0.2) is 0 Å². The van der Waals surface area contributed by atoms with Gasteiger partial charge < -0.3 is 5.32 Å². The molecular weight excluding hydrogens is 186 g/mol. The van der Waals surface area contributed by atoms with Crippen molar-refractivity contribution in [2.45, 2.75) is 19.9 Å². The summed E-state index contributed by atoms with van der Waals surface area (Å²) >= 11 is 5.78. The van der Waals surface area contributed by atoms with Gasteiger partial charge >= 0.3 is 0 Å². The van der Waals surface area contributed by atoms with Gasteiger partial charge in [-0.05, 0) is 19.4 Å². The number of halogens is 1. The summed E-state index contributed by atoms with van der Waals surface area (Å²) in [5.74, 6) is 0. The largest absolute Gasteiger partial charge is 0.368 e. The molecule has 1 N–H and O–H groups in total. The molecule has 0 bridgehead atoms. The van der Waals surface area contributed by atoms with E-state index in [-0.39, 0.29) is 16.8 Å². The van der Waals surface area contributed by atoms with Gasteiger partial charge in [-0.15, -0.1) is 0 Å². The second-order valence-electron chi connectivity index (χ2n) is 2.84. The van der Waals surface area contributed by atoms with Gasteiger partial charge in [0.1, 0.15) is 22.9 Å². The first kappa shape index (κ1) is 9.64. The molecule has 0 spiro atoms. The van der Waals surface area contributed by atoms with Crippen LogP contribution in [0.25, 0.3) is 0 Å². The third kappa shape index (κ3) is 1.52. The molecule has 0 aromatic rings. The van der Waals surface area contributed by atoms with Crippen molar-refractivity contribution in [1.29, 1.82) is 10.5 Å². The van der Waals surface area contributed by atoms with Crippen molar-refractivity contribution in [2.75, 3.05) is 0 Å². The number of nitriles is 2. The molecular formula is C9H8ClN3. The lowest BCUT2D eigenvalue weighted by atomic mass is 9.96. The smallest absolute Gasteiger partial charge is 0.122 e. The Morgan fingerprint density at radius 1 is 1.31 bits per heavy atom. The van der Waals surface area contributed by atoms with Crippen LogP contribution < -0.4 is 5.32 Å². The zero-order valence-electron chi connectivity index (χ0n) is 7.35. The van der Waals surface area contributed by atoms with Crippen LogP contribution >= 0.6 is 11.6 Å². The highest BCUT2D eigenvalue weighted by Crippen LogP contribution is 2.25. The monoisotopic (exact) mass is 193 g/mol. The van der Waals surface area contributed by atoms with Gasteiger partial charge in [0.15, 0.2) is 0 Å². The molecule has 1 rings (SSSR count). The van der Waals surface area contributed by atoms with E-state index in [0.29, 0.717) is 5.57 Å². The normalized spacial score (nSPS) is 22.1. The van der Waals surface area contributed by atoms with Crippen LogP contribution in [0.5, 0.6) is 0 Å². The molecule has 0 saturated heterocycles. The lowest BCUT2D eigenvalue weighted by molar-refractivity contribution is 0.697. The Morgan fingerprint density at radius 3 is 2.31 bits per heavy atom. The fourth-order valence-corrected chi connectivity index (χ4v) is 1.44. The summed E-state index contributed by atoms with van der Waals surface area (Å²) in [5.41, 5.74) is 1.47. The van der Waals surface area contributed by atoms with E-state index in [1.165, 1.54) is 0 Å². The zero-order valence-corrected chi connectivity index (χ0v) is 8.11. The Balaban J connectivity index is 3.32. The van der Waals surface area contributed by atoms with Crippen molar-refractivity contribution in [3.63, 3.8) is 0 Å². The predicted octanol–water partition coefficient (Wildman–Crippen LogP) is 1.79. The molecule has 13 heavy (non-hydrogen) atoms. The van der Waals surface area contributed by atoms with E-state index >= 15 is 0 Å². The predicted molar refractivity (Wildman–Crippen MR) is 49.4 cm³/mol. The molecule has 0 amide bonds. The summed E-state index contributed by atoms with van der Waals surface area (Å²) in [4.78, 5) is 0. The van der Waals surface area contributed by atoms with Gasteiger partial charge in [0.25, 0.3) is 0 Å². The molecule has 0 fully saturated rings. The number of hydrogen-bond donors (Lipinski definition) is 1. The molecule has 0 radical (unpaired) electrons. The molecule has 4 heteroatoms. The Kier molecular flexibility index (Phi) is 2.60. The van der Waals surface area contributed by atoms with Gasteiger partial charge in [-0.3, -0.25) is 0 Å². The quantitative estimate of drug-likeness (QED) is 0.597. The standard InChI is InChI=1S/C9H8ClN3/c1-5-6(2)13-9(10)8(4-12)7(5)3-11/h6,13H,1-2H3/t6-/m0/s1. The maximum atomic E-state index is 8.82. The molecule has 0 aromatic carbocycles. The van der Waals surface area contributed by atoms with Gasteiger partial charge in [-0.1, -0.05) is 11.6 Å². The molecule has 1 aliphatic heterocycles. The van der Waals surface area contributed by atoms with Crippen LogP contribution in [-0.4, -0.2) is 6.04 Å². The minimum Gasteiger partial charge on any atom is -0.368 e. The van der Waals surface area contributed by atoms with Crippen LogP contribution in [0.15, 0.2) is 21.9 Å². The van der Waals surface area contributed by atoms with Crippen LogP contribution in [0.2, 0.25) is 0 Å². The van der Waals surface area contributed by atoms with Gasteiger partial charge in [0, 0.05) is 6.04 Å². The second kappa shape index (κ2) is 3.51. The average Bonchev–Trinajstić information content (AvgIpc) is 2.10. The van der Waals surface area contributed by atoms with Gasteiger partial charge in [0.05, 0.1) is 5.57 Å². The lowest BCUT2D eigenvalue weighted by Gasteiger charge is -2.22. The molecule has 0 aliphatic carbocycles. The highest BCUT2D eigenvalue weighted by molar-refractivity contribution is 6.30. The van der Waals surface area contributed by atoms with Crippen molar-refractivity contribution in [3.05, 3.63) is 21.9 Å². The van der Waals surface area contributed by atoms with Crippen molar-refractivity contribution >= 4 is 11.6 Å². The van der Waals surface area contributed by atoms with E-state index in [1.54, 1.807) is 0 Å². The van der Waals surface area contributed by atoms with Crippen molar-refractivity contribution in [3.8, 4) is 12.1 Å². The summed E-state index contributed by atoms with van der Waals surface area (Å²) < 4.78 is 0. The Bertz CT molecular complexity index is 379. The van der Waals surface area contributed by atoms with Crippen LogP contribution in [0.1, 0.15) is 13.8 Å². The molecule has 1 atom stereocenters. The highest BCUT2D eigenvalue weighted by Gasteiger charge is 2.22. The number of dihydropyridines is 1. The van der Waals surface area contributed by atoms with Gasteiger partial charge in [0.2, 0.25) is 0 Å². The van der Waals surface area contributed by atoms with Crippen LogP contribution in [0, 0.1) is 22.7 Å². The first-order valence-corrected chi connectivity index (χ1v) is 4.17. The molecule has 1 aliphatic rings. The number of nitrogens with one attached hydrogen (secondary N) is 1. The van der Waals surface area contributed by atoms with E-state index in [2.05, 4.69) is 5.32 Å². The third-order valence-corrected chi connectivity index (χ3v) is 2.38. The van der Waals surface area contributed by atoms with Gasteiger partial charge in [-0.2, -0.15) is 10.5 Å². The minimum absolute atomic E-state index is 0.0132. The third-order valence-electron chi connectivity index (χ3n) is 2.08. The molecule has 0 saturated carbocycles. The van der Waals surface area contributed by atoms with Crippen molar-refractivity contribution in [2.24, 2.45) is 0 Å². The highest BCUT2D eigenvalue weighted by atomic mass is 35.5. The summed E-state index contributed by atoms with van der Waals surface area (Å²) in [6, 6.07) is 3.91. The summed E-state index contributed by atoms with van der Waals surface area (Å²) in [7, 11) is 0. The van der Waals surface area contributed by atoms with E-state index in [4.69, 9.17) is 22.1 Å². The molecule has 0 aromatic heterocycles. The fraction of sp³-hybridized carbons (Fsp3) is 0.333. The van der Waals surface area contributed by atoms with Crippen LogP contribution in [0.4, 0.5) is 0 Å². The Labute approximate surface area is 81.9 Å². The van der Waals surface area contributed by atoms with E-state index in [1.807, 2.05) is 26.0 Å². The van der Waals surface area contributed by atoms with Crippen molar-refractivity contribution < 1.29 is 0 Å². The Hall–Kier alpha value is -1.45. The van der Waals surface area contributed by atoms with Crippen molar-refractivity contribution in [1.82, 2.24) is 5.32 Å². The number of hydrogen-bond acceptors (Lipinski definition) is 3. The first-order chi connectivity index (χ1) is 6.11. The maximum Gasteiger partial charge on any atom is 0.122 e. The number of rotatable bonds is 0. The maximum absolute atomic E-state index is 8.82. The Morgan fingerprint density at radius 2 is 1.85 bits per heavy atom. The second-order valence-corrected chi connectivity index (χ2v) is 3.21. The first-order valence-electron chi connectivity index (χ1n) is 3.79. The number of nitrogens with zero attached hydrogens (tertiary/aromatic N) is 2. The lowest BCUT2D eigenvalue weighted by Crippen LogP contribution is -2.30. The summed E-state index contributed by atoms with van der Waals surface area (Å²) in [6.07, 6.45) is 0. The molecule has 3 nitrogen and oxygen atoms in total. The molecule has 1 heterocycles. The van der Waals surface area contributed by atoms with Crippen LogP contribution in [0.3, 0.4) is 0 Å². The number of allylic oxidation sites excluding steroid dienone is 2. The summed E-state index contributed by atoms with van der Waals surface area (Å²) in [5, 5.41) is 20.7. The average molecular weight is 194 g/mol. The SMILES string of the molecule is CC1=C(C#N)C(C#N)=C(Cl)N[C@H]1C.